The van der Waals surface area contributed by atoms with Gasteiger partial charge in [0.1, 0.15) is 7.14 Å². The van der Waals surface area contributed by atoms with Crippen LogP contribution in [-0.4, -0.2) is 5.66 Å². The van der Waals surface area contributed by atoms with Gasteiger partial charge in [-0.3, -0.25) is 0 Å². The Hall–Kier alpha value is -1.79. The van der Waals surface area contributed by atoms with Crippen molar-refractivity contribution in [3.8, 4) is 0 Å². The van der Waals surface area contributed by atoms with E-state index < -0.39 is 7.14 Å². The van der Waals surface area contributed by atoms with Gasteiger partial charge in [0, 0.05) is 28.8 Å². The van der Waals surface area contributed by atoms with Crippen LogP contribution in [0.15, 0.2) is 66.4 Å². The molecule has 2 nitrogen and oxygen atoms in total. The number of hydrogen-bond donors (Lipinski definition) is 1. The molecule has 1 unspecified atom stereocenters. The molecule has 0 spiro atoms. The van der Waals surface area contributed by atoms with E-state index in [-0.39, 0.29) is 11.6 Å². The van der Waals surface area contributed by atoms with Gasteiger partial charge in [-0.15, -0.1) is 0 Å². The Labute approximate surface area is 162 Å². The number of allylic oxidation sites excluding steroid dienone is 1. The van der Waals surface area contributed by atoms with Crippen LogP contribution >= 0.6 is 7.14 Å². The highest BCUT2D eigenvalue weighted by molar-refractivity contribution is 7.74. The van der Waals surface area contributed by atoms with Crippen LogP contribution < -0.4 is 5.73 Å². The van der Waals surface area contributed by atoms with Crippen LogP contribution in [0.3, 0.4) is 0 Å². The topological polar surface area (TPSA) is 43.1 Å². The minimum atomic E-state index is -2.62. The molecule has 5 atom stereocenters. The van der Waals surface area contributed by atoms with Crippen LogP contribution in [0.2, 0.25) is 0 Å². The predicted molar refractivity (Wildman–Crippen MR) is 113 cm³/mol. The summed E-state index contributed by atoms with van der Waals surface area (Å²) < 4.78 is 14.7. The summed E-state index contributed by atoms with van der Waals surface area (Å²) in [6, 6.07) is 20.6. The molecule has 27 heavy (non-hydrogen) atoms. The van der Waals surface area contributed by atoms with Gasteiger partial charge in [0.2, 0.25) is 0 Å². The van der Waals surface area contributed by atoms with E-state index in [0.29, 0.717) is 23.4 Å². The normalized spacial score (nSPS) is 36.2. The molecular weight excluding hydrogens is 349 g/mol. The van der Waals surface area contributed by atoms with Crippen molar-refractivity contribution in [3.05, 3.63) is 77.5 Å². The van der Waals surface area contributed by atoms with Gasteiger partial charge in [-0.05, 0) is 41.2 Å². The number of rotatable bonds is 3. The van der Waals surface area contributed by atoms with E-state index in [9.17, 15) is 4.57 Å². The SMILES string of the molecule is CC1(C)[C@H]2C[C@@H]1[C@H]1C(N)=C(c3ccccc3)P(=O)(Cc3ccccc3)[C@@H]1C2. The molecule has 3 saturated carbocycles. The van der Waals surface area contributed by atoms with Gasteiger partial charge < -0.3 is 10.3 Å². The van der Waals surface area contributed by atoms with Crippen LogP contribution in [0.4, 0.5) is 0 Å². The third-order valence-electron chi connectivity index (χ3n) is 7.77. The first kappa shape index (κ1) is 17.3. The van der Waals surface area contributed by atoms with E-state index in [2.05, 4.69) is 38.1 Å². The van der Waals surface area contributed by atoms with Gasteiger partial charge in [0.25, 0.3) is 0 Å². The zero-order chi connectivity index (χ0) is 18.8. The summed E-state index contributed by atoms with van der Waals surface area (Å²) in [7, 11) is -2.62. The Morgan fingerprint density at radius 3 is 2.26 bits per heavy atom. The van der Waals surface area contributed by atoms with E-state index in [1.807, 2.05) is 36.4 Å². The summed E-state index contributed by atoms with van der Waals surface area (Å²) >= 11 is 0. The molecule has 2 bridgehead atoms. The van der Waals surface area contributed by atoms with Crippen molar-refractivity contribution in [1.82, 2.24) is 0 Å². The van der Waals surface area contributed by atoms with Crippen LogP contribution in [0, 0.1) is 23.2 Å². The molecule has 3 fully saturated rings. The zero-order valence-electron chi connectivity index (χ0n) is 16.1. The Morgan fingerprint density at radius 2 is 1.63 bits per heavy atom. The third-order valence-corrected chi connectivity index (χ3v) is 11.5. The van der Waals surface area contributed by atoms with Gasteiger partial charge in [-0.2, -0.15) is 0 Å². The standard InChI is InChI=1S/C24H28NOP/c1-24(2)18-13-19(24)21-20(14-18)27(26,15-16-9-5-3-6-10-16)23(22(21)25)17-11-7-4-8-12-17/h3-12,18-21H,13-15,25H2,1-2H3/t18-,19+,20+,21+,27?/m0/s1. The summed E-state index contributed by atoms with van der Waals surface area (Å²) in [5.41, 5.74) is 10.6. The molecule has 1 aliphatic heterocycles. The van der Waals surface area contributed by atoms with Crippen molar-refractivity contribution in [2.24, 2.45) is 28.9 Å². The second kappa shape index (κ2) is 5.85. The van der Waals surface area contributed by atoms with Crippen molar-refractivity contribution in [2.75, 3.05) is 0 Å². The van der Waals surface area contributed by atoms with Gasteiger partial charge in [0.15, 0.2) is 0 Å². The lowest BCUT2D eigenvalue weighted by Crippen LogP contribution is -2.57. The molecule has 140 valence electrons. The second-order valence-corrected chi connectivity index (χ2v) is 12.3. The number of benzene rings is 2. The maximum Gasteiger partial charge on any atom is 0.125 e. The Kier molecular flexibility index (Phi) is 3.75. The van der Waals surface area contributed by atoms with Gasteiger partial charge in [-0.1, -0.05) is 74.5 Å². The quantitative estimate of drug-likeness (QED) is 0.673. The largest absolute Gasteiger partial charge is 0.401 e. The maximum atomic E-state index is 14.7. The van der Waals surface area contributed by atoms with Crippen LogP contribution in [-0.2, 0) is 10.7 Å². The Balaban J connectivity index is 1.65. The minimum absolute atomic E-state index is 0.227. The highest BCUT2D eigenvalue weighted by Gasteiger charge is 2.65. The zero-order valence-corrected chi connectivity index (χ0v) is 17.0. The first-order chi connectivity index (χ1) is 12.9. The lowest BCUT2D eigenvalue weighted by molar-refractivity contribution is -0.0903. The van der Waals surface area contributed by atoms with E-state index in [1.165, 1.54) is 12.0 Å². The summed E-state index contributed by atoms with van der Waals surface area (Å²) in [6.45, 7) is 4.77. The predicted octanol–water partition coefficient (Wildman–Crippen LogP) is 5.94. The third kappa shape index (κ3) is 2.36. The second-order valence-electron chi connectivity index (χ2n) is 9.30. The molecule has 0 radical (unpaired) electrons. The fourth-order valence-corrected chi connectivity index (χ4v) is 10.3. The van der Waals surface area contributed by atoms with Gasteiger partial charge >= 0.3 is 0 Å². The van der Waals surface area contributed by atoms with Crippen molar-refractivity contribution < 1.29 is 4.57 Å². The van der Waals surface area contributed by atoms with Gasteiger partial charge in [0.05, 0.1) is 0 Å². The van der Waals surface area contributed by atoms with E-state index in [1.54, 1.807) is 0 Å². The molecular formula is C24H28NOP. The first-order valence-electron chi connectivity index (χ1n) is 10.1. The van der Waals surface area contributed by atoms with E-state index in [4.69, 9.17) is 5.73 Å². The van der Waals surface area contributed by atoms with Crippen molar-refractivity contribution in [1.29, 1.82) is 0 Å². The molecule has 3 aliphatic carbocycles. The molecule has 3 heteroatoms. The highest BCUT2D eigenvalue weighted by Crippen LogP contribution is 2.79. The molecule has 1 heterocycles. The summed E-state index contributed by atoms with van der Waals surface area (Å²) in [6.07, 6.45) is 2.96. The van der Waals surface area contributed by atoms with Crippen molar-refractivity contribution >= 4 is 12.5 Å². The average molecular weight is 377 g/mol. The highest BCUT2D eigenvalue weighted by atomic mass is 31.2. The van der Waals surface area contributed by atoms with E-state index in [0.717, 1.165) is 23.0 Å². The molecule has 0 saturated heterocycles. The molecule has 0 aromatic heterocycles. The maximum absolute atomic E-state index is 14.7. The summed E-state index contributed by atoms with van der Waals surface area (Å²) in [5, 5.41) is 0.991. The van der Waals surface area contributed by atoms with Crippen molar-refractivity contribution in [2.45, 2.75) is 38.5 Å². The Morgan fingerprint density at radius 1 is 1.00 bits per heavy atom. The molecule has 6 rings (SSSR count). The van der Waals surface area contributed by atoms with Crippen LogP contribution in [0.1, 0.15) is 37.8 Å². The lowest BCUT2D eigenvalue weighted by atomic mass is 9.45. The average Bonchev–Trinajstić information content (AvgIpc) is 2.90. The fraction of sp³-hybridized carbons (Fsp3) is 0.417. The smallest absolute Gasteiger partial charge is 0.125 e. The fourth-order valence-electron chi connectivity index (χ4n) is 6.20. The first-order valence-corrected chi connectivity index (χ1v) is 12.1. The molecule has 0 amide bonds. The number of nitrogens with two attached hydrogens (primary N) is 1. The number of hydrogen-bond acceptors (Lipinski definition) is 2. The molecule has 2 aromatic carbocycles. The van der Waals surface area contributed by atoms with Crippen molar-refractivity contribution in [3.63, 3.8) is 0 Å². The van der Waals surface area contributed by atoms with E-state index >= 15 is 0 Å². The summed E-state index contributed by atoms with van der Waals surface area (Å²) in [4.78, 5) is 0. The molecule has 2 N–H and O–H groups in total. The summed E-state index contributed by atoms with van der Waals surface area (Å²) in [5.74, 6) is 1.55. The lowest BCUT2D eigenvalue weighted by Gasteiger charge is -2.62. The van der Waals surface area contributed by atoms with Crippen LogP contribution in [0.25, 0.3) is 5.31 Å². The Bertz CT molecular complexity index is 947. The van der Waals surface area contributed by atoms with Gasteiger partial charge in [-0.25, -0.2) is 0 Å². The van der Waals surface area contributed by atoms with Crippen LogP contribution in [0.5, 0.6) is 0 Å². The monoisotopic (exact) mass is 377 g/mol. The molecule has 2 aromatic rings. The minimum Gasteiger partial charge on any atom is -0.401 e. The molecule has 4 aliphatic rings.